The molecule has 34 heavy (non-hydrogen) atoms. The molecule has 1 aliphatic heterocycles. The average Bonchev–Trinajstić information content (AvgIpc) is 3.53. The second kappa shape index (κ2) is 8.83. The standard InChI is InChI=1S/C25H22FN5O2S/c1-15-5-3-4-6-21(15)30-13-18(12-23(30)32)24(33)28-22-11-16(2)29-31(22)25-27-20(14-34-25)17-7-9-19(26)10-8-17/h3-11,14,18H,12-13H2,1-2H3,(H,28,33). The summed E-state index contributed by atoms with van der Waals surface area (Å²) >= 11 is 1.37. The maximum atomic E-state index is 13.2. The van der Waals surface area contributed by atoms with Crippen LogP contribution in [0.2, 0.25) is 0 Å². The minimum absolute atomic E-state index is 0.0667. The van der Waals surface area contributed by atoms with E-state index in [1.165, 1.54) is 23.5 Å². The Kier molecular flexibility index (Phi) is 5.70. The van der Waals surface area contributed by atoms with Gasteiger partial charge in [-0.05, 0) is 49.7 Å². The van der Waals surface area contributed by atoms with Gasteiger partial charge >= 0.3 is 0 Å². The minimum atomic E-state index is -0.471. The van der Waals surface area contributed by atoms with Crippen LogP contribution in [0.15, 0.2) is 60.0 Å². The number of anilines is 2. The molecule has 0 bridgehead atoms. The average molecular weight is 476 g/mol. The number of hydrogen-bond donors (Lipinski definition) is 1. The summed E-state index contributed by atoms with van der Waals surface area (Å²) in [5, 5.41) is 9.86. The van der Waals surface area contributed by atoms with Crippen LogP contribution in [0.4, 0.5) is 15.9 Å². The van der Waals surface area contributed by atoms with Crippen LogP contribution in [0, 0.1) is 25.6 Å². The van der Waals surface area contributed by atoms with E-state index in [1.54, 1.807) is 27.8 Å². The highest BCUT2D eigenvalue weighted by atomic mass is 32.1. The number of aryl methyl sites for hydroxylation is 2. The third kappa shape index (κ3) is 4.22. The largest absolute Gasteiger partial charge is 0.311 e. The molecule has 2 aromatic heterocycles. The summed E-state index contributed by atoms with van der Waals surface area (Å²) in [4.78, 5) is 32.0. The first kappa shape index (κ1) is 22.0. The Labute approximate surface area is 199 Å². The van der Waals surface area contributed by atoms with E-state index >= 15 is 0 Å². The van der Waals surface area contributed by atoms with Gasteiger partial charge in [-0.3, -0.25) is 9.59 Å². The summed E-state index contributed by atoms with van der Waals surface area (Å²) in [6.45, 7) is 4.11. The second-order valence-electron chi connectivity index (χ2n) is 8.29. The van der Waals surface area contributed by atoms with Crippen LogP contribution < -0.4 is 10.2 Å². The second-order valence-corrected chi connectivity index (χ2v) is 9.12. The van der Waals surface area contributed by atoms with E-state index in [0.717, 1.165) is 22.5 Å². The molecule has 2 aromatic carbocycles. The first-order chi connectivity index (χ1) is 16.4. The Morgan fingerprint density at radius 1 is 1.15 bits per heavy atom. The fraction of sp³-hybridized carbons (Fsp3) is 0.200. The summed E-state index contributed by atoms with van der Waals surface area (Å²) in [6.07, 6.45) is 0.152. The number of carbonyl (C=O) groups is 2. The van der Waals surface area contributed by atoms with Crippen LogP contribution >= 0.6 is 11.3 Å². The SMILES string of the molecule is Cc1cc(NC(=O)C2CC(=O)N(c3ccccc3C)C2)n(-c2nc(-c3ccc(F)cc3)cs2)n1. The van der Waals surface area contributed by atoms with Gasteiger partial charge in [-0.2, -0.15) is 9.78 Å². The van der Waals surface area contributed by atoms with E-state index in [4.69, 9.17) is 0 Å². The Balaban J connectivity index is 1.35. The van der Waals surface area contributed by atoms with Crippen molar-refractivity contribution in [1.29, 1.82) is 0 Å². The van der Waals surface area contributed by atoms with Crippen LogP contribution in [0.25, 0.3) is 16.4 Å². The zero-order chi connectivity index (χ0) is 23.8. The van der Waals surface area contributed by atoms with Crippen molar-refractivity contribution in [3.05, 3.63) is 77.1 Å². The molecule has 4 aromatic rings. The number of amides is 2. The number of nitrogens with zero attached hydrogens (tertiary/aromatic N) is 4. The monoisotopic (exact) mass is 475 g/mol. The van der Waals surface area contributed by atoms with Crippen LogP contribution in [-0.2, 0) is 9.59 Å². The Hall–Kier alpha value is -3.85. The number of carbonyl (C=O) groups excluding carboxylic acids is 2. The van der Waals surface area contributed by atoms with Crippen molar-refractivity contribution < 1.29 is 14.0 Å². The predicted octanol–water partition coefficient (Wildman–Crippen LogP) is 4.74. The molecule has 7 nitrogen and oxygen atoms in total. The molecule has 1 unspecified atom stereocenters. The van der Waals surface area contributed by atoms with Crippen LogP contribution in [0.1, 0.15) is 17.7 Å². The van der Waals surface area contributed by atoms with E-state index in [9.17, 15) is 14.0 Å². The number of rotatable bonds is 5. The Morgan fingerprint density at radius 3 is 2.68 bits per heavy atom. The molecule has 0 radical (unpaired) electrons. The number of aromatic nitrogens is 3. The van der Waals surface area contributed by atoms with E-state index in [0.29, 0.717) is 23.2 Å². The Bertz CT molecular complexity index is 1380. The molecule has 3 heterocycles. The van der Waals surface area contributed by atoms with Gasteiger partial charge in [0.05, 0.1) is 17.3 Å². The third-order valence-electron chi connectivity index (χ3n) is 5.80. The quantitative estimate of drug-likeness (QED) is 0.452. The molecule has 1 N–H and O–H groups in total. The van der Waals surface area contributed by atoms with Gasteiger partial charge in [-0.15, -0.1) is 11.3 Å². The lowest BCUT2D eigenvalue weighted by Gasteiger charge is -2.19. The summed E-state index contributed by atoms with van der Waals surface area (Å²) in [5.74, 6) is -0.590. The van der Waals surface area contributed by atoms with Gasteiger partial charge in [0.1, 0.15) is 11.6 Å². The summed E-state index contributed by atoms with van der Waals surface area (Å²) < 4.78 is 14.8. The van der Waals surface area contributed by atoms with Crippen LogP contribution in [-0.4, -0.2) is 33.1 Å². The van der Waals surface area contributed by atoms with Crippen LogP contribution in [0.3, 0.4) is 0 Å². The van der Waals surface area contributed by atoms with Crippen molar-refractivity contribution in [2.45, 2.75) is 20.3 Å². The number of para-hydroxylation sites is 1. The molecule has 1 saturated heterocycles. The maximum absolute atomic E-state index is 13.2. The highest BCUT2D eigenvalue weighted by molar-refractivity contribution is 7.12. The number of benzene rings is 2. The molecule has 172 valence electrons. The normalized spacial score (nSPS) is 15.7. The van der Waals surface area contributed by atoms with Crippen molar-refractivity contribution in [1.82, 2.24) is 14.8 Å². The lowest BCUT2D eigenvalue weighted by Crippen LogP contribution is -2.29. The summed E-state index contributed by atoms with van der Waals surface area (Å²) in [6, 6.07) is 15.5. The molecule has 0 spiro atoms. The maximum Gasteiger partial charge on any atom is 0.230 e. The Morgan fingerprint density at radius 2 is 1.91 bits per heavy atom. The first-order valence-electron chi connectivity index (χ1n) is 10.8. The minimum Gasteiger partial charge on any atom is -0.311 e. The van der Waals surface area contributed by atoms with E-state index in [2.05, 4.69) is 15.4 Å². The third-order valence-corrected chi connectivity index (χ3v) is 6.61. The smallest absolute Gasteiger partial charge is 0.230 e. The summed E-state index contributed by atoms with van der Waals surface area (Å²) in [7, 11) is 0. The van der Waals surface area contributed by atoms with Gasteiger partial charge in [0, 0.05) is 35.7 Å². The molecule has 1 aliphatic rings. The van der Waals surface area contributed by atoms with Gasteiger partial charge in [0.25, 0.3) is 0 Å². The molecule has 2 amide bonds. The molecule has 1 atom stereocenters. The van der Waals surface area contributed by atoms with Crippen molar-refractivity contribution >= 4 is 34.7 Å². The molecule has 1 fully saturated rings. The number of hydrogen-bond acceptors (Lipinski definition) is 5. The van der Waals surface area contributed by atoms with Crippen molar-refractivity contribution in [2.24, 2.45) is 5.92 Å². The molecule has 5 rings (SSSR count). The summed E-state index contributed by atoms with van der Waals surface area (Å²) in [5.41, 5.74) is 4.03. The van der Waals surface area contributed by atoms with Gasteiger partial charge in [0.15, 0.2) is 0 Å². The number of nitrogens with one attached hydrogen (secondary N) is 1. The predicted molar refractivity (Wildman–Crippen MR) is 130 cm³/mol. The lowest BCUT2D eigenvalue weighted by molar-refractivity contribution is -0.122. The molecule has 0 aliphatic carbocycles. The number of halogens is 1. The van der Waals surface area contributed by atoms with Crippen LogP contribution in [0.5, 0.6) is 0 Å². The van der Waals surface area contributed by atoms with E-state index in [1.807, 2.05) is 43.5 Å². The molecule has 9 heteroatoms. The zero-order valence-electron chi connectivity index (χ0n) is 18.7. The van der Waals surface area contributed by atoms with Gasteiger partial charge in [0.2, 0.25) is 16.9 Å². The van der Waals surface area contributed by atoms with E-state index < -0.39 is 5.92 Å². The number of thiazole rings is 1. The fourth-order valence-electron chi connectivity index (χ4n) is 4.06. The highest BCUT2D eigenvalue weighted by Crippen LogP contribution is 2.30. The zero-order valence-corrected chi connectivity index (χ0v) is 19.5. The van der Waals surface area contributed by atoms with Gasteiger partial charge in [-0.1, -0.05) is 18.2 Å². The first-order valence-corrected chi connectivity index (χ1v) is 11.7. The molecule has 0 saturated carbocycles. The molecular formula is C25H22FN5O2S. The van der Waals surface area contributed by atoms with E-state index in [-0.39, 0.29) is 24.1 Å². The molecular weight excluding hydrogens is 453 g/mol. The van der Waals surface area contributed by atoms with Crippen molar-refractivity contribution in [3.63, 3.8) is 0 Å². The fourth-order valence-corrected chi connectivity index (χ4v) is 4.86. The van der Waals surface area contributed by atoms with Gasteiger partial charge in [-0.25, -0.2) is 9.37 Å². The van der Waals surface area contributed by atoms with Crippen molar-refractivity contribution in [3.8, 4) is 16.4 Å². The topological polar surface area (TPSA) is 80.1 Å². The van der Waals surface area contributed by atoms with Crippen molar-refractivity contribution in [2.75, 3.05) is 16.8 Å². The highest BCUT2D eigenvalue weighted by Gasteiger charge is 2.36. The lowest BCUT2D eigenvalue weighted by atomic mass is 10.1. The van der Waals surface area contributed by atoms with Gasteiger partial charge < -0.3 is 10.2 Å².